The van der Waals surface area contributed by atoms with Crippen LogP contribution in [0.2, 0.25) is 10.0 Å². The Kier molecular flexibility index (Phi) is 15.2. The van der Waals surface area contributed by atoms with E-state index in [9.17, 15) is 18.0 Å². The van der Waals surface area contributed by atoms with Crippen molar-refractivity contribution in [3.63, 3.8) is 0 Å². The Bertz CT molecular complexity index is 1840. The highest BCUT2D eigenvalue weighted by Gasteiger charge is 2.28. The topological polar surface area (TPSA) is 90.3 Å². The first-order valence-corrected chi connectivity index (χ1v) is 19.5. The fraction of sp³-hybridized carbons (Fsp3) is 0.500. The molecule has 55 heavy (non-hydrogen) atoms. The van der Waals surface area contributed by atoms with E-state index < -0.39 is 12.8 Å². The average molecular weight is 809 g/mol. The van der Waals surface area contributed by atoms with Crippen molar-refractivity contribution in [2.75, 3.05) is 71.6 Å². The van der Waals surface area contributed by atoms with Gasteiger partial charge in [0.25, 0.3) is 5.91 Å². The second-order valence-corrected chi connectivity index (χ2v) is 14.3. The van der Waals surface area contributed by atoms with Crippen LogP contribution in [0.1, 0.15) is 61.9 Å². The monoisotopic (exact) mass is 807 g/mol. The third-order valence-electron chi connectivity index (χ3n) is 9.51. The van der Waals surface area contributed by atoms with E-state index in [1.165, 1.54) is 0 Å². The van der Waals surface area contributed by atoms with Crippen molar-refractivity contribution < 1.29 is 36.9 Å². The molecule has 1 aliphatic heterocycles. The fourth-order valence-electron chi connectivity index (χ4n) is 6.85. The van der Waals surface area contributed by atoms with Gasteiger partial charge in [0.05, 0.1) is 47.5 Å². The molecular weight excluding hydrogens is 758 g/mol. The molecule has 1 atom stereocenters. The summed E-state index contributed by atoms with van der Waals surface area (Å²) in [6.07, 6.45) is -1.91. The average Bonchev–Trinajstić information content (AvgIpc) is 3.50. The number of hydrogen-bond acceptors (Lipinski definition) is 8. The van der Waals surface area contributed by atoms with E-state index in [0.717, 1.165) is 55.5 Å². The fourth-order valence-corrected chi connectivity index (χ4v) is 7.16. The Hall–Kier alpha value is -3.91. The molecule has 1 amide bonds. The maximum absolute atomic E-state index is 14.0. The highest BCUT2D eigenvalue weighted by Crippen LogP contribution is 2.40. The zero-order valence-corrected chi connectivity index (χ0v) is 33.3. The summed E-state index contributed by atoms with van der Waals surface area (Å²) in [5, 5.41) is 4.48. The van der Waals surface area contributed by atoms with Crippen LogP contribution >= 0.6 is 23.2 Å². The summed E-state index contributed by atoms with van der Waals surface area (Å²) in [7, 11) is 1.79. The maximum Gasteiger partial charge on any atom is 0.411 e. The Labute approximate surface area is 330 Å². The summed E-state index contributed by atoms with van der Waals surface area (Å²) in [5.41, 5.74) is 3.02. The molecule has 5 rings (SSSR count). The van der Waals surface area contributed by atoms with E-state index in [-0.39, 0.29) is 31.0 Å². The second kappa shape index (κ2) is 19.8. The van der Waals surface area contributed by atoms with Gasteiger partial charge in [-0.1, -0.05) is 41.4 Å². The zero-order chi connectivity index (χ0) is 39.5. The number of halogens is 5. The normalized spacial score (nSPS) is 14.6. The molecule has 1 aliphatic rings. The van der Waals surface area contributed by atoms with Crippen LogP contribution in [0.15, 0.2) is 54.6 Å². The lowest BCUT2D eigenvalue weighted by molar-refractivity contribution is -0.174. The summed E-state index contributed by atoms with van der Waals surface area (Å²) in [6.45, 7) is 8.61. The predicted molar refractivity (Wildman–Crippen MR) is 210 cm³/mol. The van der Waals surface area contributed by atoms with Gasteiger partial charge < -0.3 is 38.6 Å². The van der Waals surface area contributed by atoms with E-state index in [1.807, 2.05) is 61.7 Å². The Morgan fingerprint density at radius 3 is 2.25 bits per heavy atom. The van der Waals surface area contributed by atoms with Gasteiger partial charge in [-0.2, -0.15) is 13.2 Å². The van der Waals surface area contributed by atoms with Crippen LogP contribution in [0.4, 0.5) is 19.1 Å². The Morgan fingerprint density at radius 2 is 1.62 bits per heavy atom. The van der Waals surface area contributed by atoms with Crippen molar-refractivity contribution in [1.82, 2.24) is 19.4 Å². The molecule has 10 nitrogen and oxygen atoms in total. The number of fused-ring (bicyclic) bond motifs is 1. The predicted octanol–water partition coefficient (Wildman–Crippen LogP) is 8.94. The van der Waals surface area contributed by atoms with Gasteiger partial charge in [0.1, 0.15) is 6.61 Å². The molecular formula is C40H50Cl2F3N5O5. The minimum Gasteiger partial charge on any atom is -0.490 e. The van der Waals surface area contributed by atoms with Gasteiger partial charge in [0.15, 0.2) is 11.5 Å². The number of benzene rings is 3. The van der Waals surface area contributed by atoms with E-state index >= 15 is 0 Å². The largest absolute Gasteiger partial charge is 0.490 e. The number of amides is 1. The maximum atomic E-state index is 14.0. The number of alkyl halides is 3. The molecule has 0 saturated carbocycles. The summed E-state index contributed by atoms with van der Waals surface area (Å²) >= 11 is 12.8. The van der Waals surface area contributed by atoms with Crippen molar-refractivity contribution in [2.24, 2.45) is 0 Å². The van der Waals surface area contributed by atoms with Crippen LogP contribution in [0.5, 0.6) is 17.2 Å². The number of carbonyl (C=O) groups is 1. The summed E-state index contributed by atoms with van der Waals surface area (Å²) < 4.78 is 62.3. The first kappa shape index (κ1) is 42.2. The first-order chi connectivity index (χ1) is 26.4. The zero-order valence-electron chi connectivity index (χ0n) is 31.8. The number of rotatable bonds is 19. The van der Waals surface area contributed by atoms with E-state index in [2.05, 4.69) is 10.2 Å². The van der Waals surface area contributed by atoms with Crippen LogP contribution in [0.25, 0.3) is 11.0 Å². The van der Waals surface area contributed by atoms with Gasteiger partial charge in [-0.25, -0.2) is 4.98 Å². The molecule has 1 N–H and O–H groups in total. The number of para-hydroxylation sites is 2. The highest BCUT2D eigenvalue weighted by molar-refractivity contribution is 6.42. The van der Waals surface area contributed by atoms with Crippen molar-refractivity contribution in [2.45, 2.75) is 64.7 Å². The molecule has 2 heterocycles. The van der Waals surface area contributed by atoms with Gasteiger partial charge in [0.2, 0.25) is 11.7 Å². The molecule has 3 aromatic carbocycles. The number of likely N-dealkylation sites (tertiary alicyclic amines) is 1. The molecule has 0 aliphatic carbocycles. The molecule has 15 heteroatoms. The third-order valence-corrected chi connectivity index (χ3v) is 10.2. The lowest BCUT2D eigenvalue weighted by Crippen LogP contribution is -2.40. The van der Waals surface area contributed by atoms with Crippen LogP contribution < -0.4 is 19.5 Å². The van der Waals surface area contributed by atoms with Gasteiger partial charge in [-0.3, -0.25) is 4.79 Å². The quantitative estimate of drug-likeness (QED) is 0.0941. The number of anilines is 1. The van der Waals surface area contributed by atoms with Gasteiger partial charge in [0, 0.05) is 50.7 Å². The van der Waals surface area contributed by atoms with Crippen LogP contribution in [0.3, 0.4) is 0 Å². The summed E-state index contributed by atoms with van der Waals surface area (Å²) in [4.78, 5) is 22.8. The van der Waals surface area contributed by atoms with Gasteiger partial charge in [-0.05, 0) is 88.5 Å². The number of ether oxygens (including phenoxy) is 4. The smallest absolute Gasteiger partial charge is 0.411 e. The Balaban J connectivity index is 1.24. The third kappa shape index (κ3) is 11.6. The van der Waals surface area contributed by atoms with E-state index in [0.29, 0.717) is 65.2 Å². The minimum absolute atomic E-state index is 0.0422. The van der Waals surface area contributed by atoms with Crippen molar-refractivity contribution in [3.05, 3.63) is 75.8 Å². The standard InChI is InChI=1S/C40H50Cl2F3N5O5/c1-5-53-35-23-29(24-36(54-6-2)37(35)55-7-3)38(51)48(4)25-28(27-12-13-31(41)32(42)22-27)14-17-49-18-15-30(16-19-49)46-39-47-33-10-8-9-11-34(33)50(39)20-21-52-26-40(43,44)45/h8-13,22-24,28,30H,5-7,14-21,25-26H2,1-4H3,(H,46,47). The van der Waals surface area contributed by atoms with E-state index in [1.54, 1.807) is 30.1 Å². The molecule has 1 aromatic heterocycles. The number of hydrogen-bond donors (Lipinski definition) is 1. The molecule has 0 radical (unpaired) electrons. The van der Waals surface area contributed by atoms with Gasteiger partial charge >= 0.3 is 6.18 Å². The molecule has 4 aromatic rings. The molecule has 0 bridgehead atoms. The number of aromatic nitrogens is 2. The Morgan fingerprint density at radius 1 is 0.945 bits per heavy atom. The number of piperidine rings is 1. The second-order valence-electron chi connectivity index (χ2n) is 13.4. The molecule has 1 saturated heterocycles. The summed E-state index contributed by atoms with van der Waals surface area (Å²) in [6, 6.07) is 16.7. The summed E-state index contributed by atoms with van der Waals surface area (Å²) in [5.74, 6) is 1.79. The van der Waals surface area contributed by atoms with Crippen molar-refractivity contribution in [3.8, 4) is 17.2 Å². The molecule has 1 unspecified atom stereocenters. The molecule has 0 spiro atoms. The number of nitrogens with zero attached hydrogens (tertiary/aromatic N) is 4. The van der Waals surface area contributed by atoms with Crippen LogP contribution in [-0.4, -0.2) is 104 Å². The number of carbonyl (C=O) groups excluding carboxylic acids is 1. The lowest BCUT2D eigenvalue weighted by atomic mass is 9.94. The highest BCUT2D eigenvalue weighted by atomic mass is 35.5. The number of nitrogens with one attached hydrogen (secondary N) is 1. The number of likely N-dealkylation sites (N-methyl/N-ethyl adjacent to an activating group) is 1. The van der Waals surface area contributed by atoms with Crippen molar-refractivity contribution in [1.29, 1.82) is 0 Å². The van der Waals surface area contributed by atoms with Crippen LogP contribution in [-0.2, 0) is 11.3 Å². The lowest BCUT2D eigenvalue weighted by Gasteiger charge is -2.34. The minimum atomic E-state index is -4.37. The van der Waals surface area contributed by atoms with E-state index in [4.69, 9.17) is 47.1 Å². The SMILES string of the molecule is CCOc1cc(C(=O)N(C)CC(CCN2CCC(Nc3nc4ccccc4n3CCOCC(F)(F)F)CC2)c2ccc(Cl)c(Cl)c2)cc(OCC)c1OCC. The first-order valence-electron chi connectivity index (χ1n) is 18.8. The molecule has 1 fully saturated rings. The van der Waals surface area contributed by atoms with Crippen LogP contribution in [0, 0.1) is 0 Å². The molecule has 300 valence electrons. The van der Waals surface area contributed by atoms with Gasteiger partial charge in [-0.15, -0.1) is 0 Å². The number of imidazole rings is 1. The van der Waals surface area contributed by atoms with Crippen molar-refractivity contribution >= 4 is 46.1 Å².